The number of nitrogens with one attached hydrogen (secondary N) is 1. The lowest BCUT2D eigenvalue weighted by molar-refractivity contribution is -0.0129. The lowest BCUT2D eigenvalue weighted by Crippen LogP contribution is -2.26. The summed E-state index contributed by atoms with van der Waals surface area (Å²) < 4.78 is 12.6. The fourth-order valence-electron chi connectivity index (χ4n) is 2.00. The molecule has 10 heteroatoms. The van der Waals surface area contributed by atoms with Gasteiger partial charge in [0, 0.05) is 6.61 Å². The predicted octanol–water partition coefficient (Wildman–Crippen LogP) is -0.314. The van der Waals surface area contributed by atoms with E-state index in [-0.39, 0.29) is 24.0 Å². The Morgan fingerprint density at radius 3 is 3.05 bits per heavy atom. The summed E-state index contributed by atoms with van der Waals surface area (Å²) in [6.07, 6.45) is 6.15. The van der Waals surface area contributed by atoms with Crippen LogP contribution < -0.4 is 16.0 Å². The second kappa shape index (κ2) is 6.41. The van der Waals surface area contributed by atoms with Crippen molar-refractivity contribution in [3.63, 3.8) is 0 Å². The monoisotopic (exact) mass is 292 g/mol. The van der Waals surface area contributed by atoms with Gasteiger partial charge in [-0.15, -0.1) is 0 Å². The summed E-state index contributed by atoms with van der Waals surface area (Å²) in [5.74, 6) is 5.81. The third kappa shape index (κ3) is 3.41. The van der Waals surface area contributed by atoms with Crippen molar-refractivity contribution in [2.75, 3.05) is 18.6 Å². The van der Waals surface area contributed by atoms with Crippen molar-refractivity contribution in [2.24, 2.45) is 5.84 Å². The van der Waals surface area contributed by atoms with Gasteiger partial charge in [0.25, 0.3) is 5.95 Å². The molecule has 0 radical (unpaired) electrons. The van der Waals surface area contributed by atoms with E-state index in [9.17, 15) is 0 Å². The van der Waals surface area contributed by atoms with Crippen molar-refractivity contribution in [3.05, 3.63) is 12.7 Å². The number of hydrogen-bond donors (Lipinski definition) is 2. The first-order valence-corrected chi connectivity index (χ1v) is 6.67. The Morgan fingerprint density at radius 1 is 1.38 bits per heavy atom. The molecule has 1 atom stereocenters. The van der Waals surface area contributed by atoms with E-state index in [1.165, 1.54) is 17.3 Å². The SMILES string of the molecule is NNc1nc(OCC2CCCCO2)nc(-n2cncn2)n1. The second-order valence-electron chi connectivity index (χ2n) is 4.53. The minimum atomic E-state index is 0.0691. The molecule has 1 aliphatic rings. The lowest BCUT2D eigenvalue weighted by atomic mass is 10.1. The molecule has 3 heterocycles. The summed E-state index contributed by atoms with van der Waals surface area (Å²) in [7, 11) is 0. The van der Waals surface area contributed by atoms with Crippen LogP contribution in [-0.4, -0.2) is 49.0 Å². The van der Waals surface area contributed by atoms with Gasteiger partial charge in [-0.05, 0) is 19.3 Å². The van der Waals surface area contributed by atoms with Crippen molar-refractivity contribution < 1.29 is 9.47 Å². The normalized spacial score (nSPS) is 18.4. The molecular formula is C11H16N8O2. The molecule has 1 fully saturated rings. The van der Waals surface area contributed by atoms with E-state index in [0.29, 0.717) is 6.61 Å². The quantitative estimate of drug-likeness (QED) is 0.563. The molecule has 3 N–H and O–H groups in total. The summed E-state index contributed by atoms with van der Waals surface area (Å²) >= 11 is 0. The van der Waals surface area contributed by atoms with Crippen LogP contribution in [0.4, 0.5) is 5.95 Å². The molecule has 112 valence electrons. The minimum Gasteiger partial charge on any atom is -0.461 e. The molecule has 1 saturated heterocycles. The van der Waals surface area contributed by atoms with E-state index in [1.807, 2.05) is 0 Å². The zero-order valence-corrected chi connectivity index (χ0v) is 11.3. The summed E-state index contributed by atoms with van der Waals surface area (Å²) in [6.45, 7) is 1.16. The number of nitrogen functional groups attached to an aromatic ring is 1. The molecule has 1 aliphatic heterocycles. The number of nitrogens with zero attached hydrogens (tertiary/aromatic N) is 6. The first-order valence-electron chi connectivity index (χ1n) is 6.67. The van der Waals surface area contributed by atoms with E-state index in [4.69, 9.17) is 15.3 Å². The highest BCUT2D eigenvalue weighted by Gasteiger charge is 2.16. The van der Waals surface area contributed by atoms with Crippen LogP contribution in [0.3, 0.4) is 0 Å². The smallest absolute Gasteiger partial charge is 0.323 e. The molecule has 2 aromatic heterocycles. The van der Waals surface area contributed by atoms with Crippen molar-refractivity contribution in [2.45, 2.75) is 25.4 Å². The Balaban J connectivity index is 1.73. The largest absolute Gasteiger partial charge is 0.461 e. The van der Waals surface area contributed by atoms with E-state index in [2.05, 4.69) is 30.5 Å². The van der Waals surface area contributed by atoms with E-state index >= 15 is 0 Å². The fraction of sp³-hybridized carbons (Fsp3) is 0.545. The van der Waals surface area contributed by atoms with E-state index in [1.54, 1.807) is 0 Å². The highest BCUT2D eigenvalue weighted by molar-refractivity contribution is 5.28. The third-order valence-electron chi connectivity index (χ3n) is 3.03. The zero-order chi connectivity index (χ0) is 14.5. The summed E-state index contributed by atoms with van der Waals surface area (Å²) in [5, 5.41) is 3.96. The van der Waals surface area contributed by atoms with Crippen LogP contribution in [0, 0.1) is 0 Å². The number of rotatable bonds is 5. The number of hydrogen-bond acceptors (Lipinski definition) is 9. The van der Waals surface area contributed by atoms with Crippen molar-refractivity contribution in [1.29, 1.82) is 0 Å². The number of aromatic nitrogens is 6. The average molecular weight is 292 g/mol. The molecule has 1 unspecified atom stereocenters. The summed E-state index contributed by atoms with van der Waals surface area (Å²) in [4.78, 5) is 16.1. The van der Waals surface area contributed by atoms with Gasteiger partial charge >= 0.3 is 6.01 Å². The van der Waals surface area contributed by atoms with Gasteiger partial charge in [0.1, 0.15) is 19.3 Å². The highest BCUT2D eigenvalue weighted by atomic mass is 16.5. The zero-order valence-electron chi connectivity index (χ0n) is 11.3. The van der Waals surface area contributed by atoms with Crippen LogP contribution in [0.15, 0.2) is 12.7 Å². The molecule has 0 bridgehead atoms. The molecule has 0 saturated carbocycles. The van der Waals surface area contributed by atoms with E-state index < -0.39 is 0 Å². The maximum atomic E-state index is 5.59. The molecular weight excluding hydrogens is 276 g/mol. The first kappa shape index (κ1) is 13.6. The number of ether oxygens (including phenoxy) is 2. The Bertz CT molecular complexity index is 570. The summed E-state index contributed by atoms with van der Waals surface area (Å²) in [6, 6.07) is 0.164. The van der Waals surface area contributed by atoms with Crippen LogP contribution >= 0.6 is 0 Å². The van der Waals surface area contributed by atoms with Gasteiger partial charge in [-0.1, -0.05) is 0 Å². The van der Waals surface area contributed by atoms with Crippen LogP contribution in [0.25, 0.3) is 5.95 Å². The van der Waals surface area contributed by atoms with Crippen LogP contribution in [0.5, 0.6) is 6.01 Å². The number of hydrazine groups is 1. The summed E-state index contributed by atoms with van der Waals surface area (Å²) in [5.41, 5.74) is 2.37. The molecule has 0 amide bonds. The molecule has 2 aromatic rings. The fourth-order valence-corrected chi connectivity index (χ4v) is 2.00. The minimum absolute atomic E-state index is 0.0691. The average Bonchev–Trinajstić information content (AvgIpc) is 3.08. The van der Waals surface area contributed by atoms with Gasteiger partial charge in [-0.25, -0.2) is 10.8 Å². The Kier molecular flexibility index (Phi) is 4.17. The second-order valence-corrected chi connectivity index (χ2v) is 4.53. The van der Waals surface area contributed by atoms with Gasteiger partial charge in [-0.3, -0.25) is 5.43 Å². The van der Waals surface area contributed by atoms with Gasteiger partial charge < -0.3 is 9.47 Å². The molecule has 21 heavy (non-hydrogen) atoms. The third-order valence-corrected chi connectivity index (χ3v) is 3.03. The van der Waals surface area contributed by atoms with Crippen molar-refractivity contribution >= 4 is 5.95 Å². The van der Waals surface area contributed by atoms with Gasteiger partial charge in [0.15, 0.2) is 0 Å². The van der Waals surface area contributed by atoms with Gasteiger partial charge in [-0.2, -0.15) is 24.7 Å². The Morgan fingerprint density at radius 2 is 2.33 bits per heavy atom. The van der Waals surface area contributed by atoms with Gasteiger partial charge in [0.2, 0.25) is 5.95 Å². The van der Waals surface area contributed by atoms with Crippen LogP contribution in [0.1, 0.15) is 19.3 Å². The first-order chi connectivity index (χ1) is 10.3. The number of nitrogens with two attached hydrogens (primary N) is 1. The highest BCUT2D eigenvalue weighted by Crippen LogP contribution is 2.15. The van der Waals surface area contributed by atoms with E-state index in [0.717, 1.165) is 25.9 Å². The molecule has 10 nitrogen and oxygen atoms in total. The number of anilines is 1. The van der Waals surface area contributed by atoms with Crippen LogP contribution in [-0.2, 0) is 4.74 Å². The molecule has 0 spiro atoms. The van der Waals surface area contributed by atoms with Gasteiger partial charge in [0.05, 0.1) is 6.10 Å². The van der Waals surface area contributed by atoms with Crippen molar-refractivity contribution in [3.8, 4) is 12.0 Å². The Hall–Kier alpha value is -2.33. The maximum Gasteiger partial charge on any atom is 0.323 e. The predicted molar refractivity (Wildman–Crippen MR) is 71.6 cm³/mol. The lowest BCUT2D eigenvalue weighted by Gasteiger charge is -2.22. The standard InChI is InChI=1S/C11H16N8O2/c12-18-9-15-10(19-7-13-6-14-19)17-11(16-9)21-5-8-3-1-2-4-20-8/h6-8H,1-5,12H2,(H,15,16,17,18). The van der Waals surface area contributed by atoms with Crippen LogP contribution in [0.2, 0.25) is 0 Å². The molecule has 3 rings (SSSR count). The van der Waals surface area contributed by atoms with Crippen molar-refractivity contribution in [1.82, 2.24) is 29.7 Å². The molecule has 0 aliphatic carbocycles. The topological polar surface area (TPSA) is 126 Å². The maximum absolute atomic E-state index is 5.59. The Labute approximate surface area is 120 Å². The molecule has 0 aromatic carbocycles.